The second kappa shape index (κ2) is 6.02. The van der Waals surface area contributed by atoms with Crippen LogP contribution < -0.4 is 5.56 Å². The topological polar surface area (TPSA) is 62.4 Å². The lowest BCUT2D eigenvalue weighted by Gasteiger charge is -2.33. The zero-order valence-corrected chi connectivity index (χ0v) is 11.4. The van der Waals surface area contributed by atoms with E-state index in [1.54, 1.807) is 17.0 Å². The Labute approximate surface area is 112 Å². The van der Waals surface area contributed by atoms with Gasteiger partial charge < -0.3 is 14.6 Å². The van der Waals surface area contributed by atoms with Crippen LogP contribution in [0.15, 0.2) is 23.0 Å². The molecule has 1 saturated heterocycles. The molecule has 5 nitrogen and oxygen atoms in total. The van der Waals surface area contributed by atoms with E-state index in [-0.39, 0.29) is 17.6 Å². The third kappa shape index (κ3) is 3.67. The number of rotatable bonds is 3. The molecule has 0 radical (unpaired) electrons. The van der Waals surface area contributed by atoms with Gasteiger partial charge in [-0.25, -0.2) is 0 Å². The van der Waals surface area contributed by atoms with Crippen molar-refractivity contribution >= 4 is 5.91 Å². The van der Waals surface area contributed by atoms with Crippen LogP contribution in [0.2, 0.25) is 0 Å². The number of pyridine rings is 1. The van der Waals surface area contributed by atoms with E-state index in [9.17, 15) is 9.59 Å². The number of carbonyl (C=O) groups is 1. The van der Waals surface area contributed by atoms with Gasteiger partial charge in [-0.05, 0) is 18.4 Å². The first kappa shape index (κ1) is 13.8. The molecule has 0 aliphatic carbocycles. The second-order valence-corrected chi connectivity index (χ2v) is 5.30. The molecule has 2 heterocycles. The second-order valence-electron chi connectivity index (χ2n) is 5.30. The van der Waals surface area contributed by atoms with Crippen molar-refractivity contribution in [3.8, 4) is 0 Å². The number of H-pyrrole nitrogens is 1. The fourth-order valence-electron chi connectivity index (χ4n) is 2.32. The van der Waals surface area contributed by atoms with Gasteiger partial charge in [0.05, 0.1) is 12.7 Å². The van der Waals surface area contributed by atoms with E-state index in [0.29, 0.717) is 31.3 Å². The van der Waals surface area contributed by atoms with Crippen LogP contribution in [0.4, 0.5) is 0 Å². The minimum absolute atomic E-state index is 0.0909. The van der Waals surface area contributed by atoms with Crippen LogP contribution in [-0.2, 0) is 4.74 Å². The fourth-order valence-corrected chi connectivity index (χ4v) is 2.32. The van der Waals surface area contributed by atoms with Gasteiger partial charge in [-0.15, -0.1) is 0 Å². The summed E-state index contributed by atoms with van der Waals surface area (Å²) in [5.41, 5.74) is 0.0931. The SMILES string of the molecule is CC(C)C[C@@H]1CN(C(=O)c2cccc(=O)[nH]2)CCO1. The van der Waals surface area contributed by atoms with Gasteiger partial charge in [0.15, 0.2) is 0 Å². The highest BCUT2D eigenvalue weighted by molar-refractivity contribution is 5.92. The summed E-state index contributed by atoms with van der Waals surface area (Å²) in [6.07, 6.45) is 1.03. The van der Waals surface area contributed by atoms with Crippen LogP contribution in [0, 0.1) is 5.92 Å². The predicted molar refractivity (Wildman–Crippen MR) is 72.2 cm³/mol. The quantitative estimate of drug-likeness (QED) is 0.894. The van der Waals surface area contributed by atoms with E-state index in [4.69, 9.17) is 4.74 Å². The van der Waals surface area contributed by atoms with Gasteiger partial charge in [-0.3, -0.25) is 9.59 Å². The highest BCUT2D eigenvalue weighted by atomic mass is 16.5. The predicted octanol–water partition coefficient (Wildman–Crippen LogP) is 1.26. The minimum atomic E-state index is -0.252. The van der Waals surface area contributed by atoms with E-state index in [1.165, 1.54) is 6.07 Å². The van der Waals surface area contributed by atoms with Crippen LogP contribution >= 0.6 is 0 Å². The van der Waals surface area contributed by atoms with E-state index in [0.717, 1.165) is 6.42 Å². The van der Waals surface area contributed by atoms with E-state index in [2.05, 4.69) is 18.8 Å². The standard InChI is InChI=1S/C14H20N2O3/c1-10(2)8-11-9-16(6-7-19-11)14(18)12-4-3-5-13(17)15-12/h3-5,10-11H,6-9H2,1-2H3,(H,15,17)/t11-/m1/s1. The monoisotopic (exact) mass is 264 g/mol. The van der Waals surface area contributed by atoms with Gasteiger partial charge >= 0.3 is 0 Å². The van der Waals surface area contributed by atoms with Crippen molar-refractivity contribution in [2.45, 2.75) is 26.4 Å². The van der Waals surface area contributed by atoms with Crippen LogP contribution in [0.1, 0.15) is 30.8 Å². The van der Waals surface area contributed by atoms with Gasteiger partial charge in [0.1, 0.15) is 5.69 Å². The molecular weight excluding hydrogens is 244 g/mol. The first-order valence-corrected chi connectivity index (χ1v) is 6.66. The largest absolute Gasteiger partial charge is 0.375 e. The zero-order chi connectivity index (χ0) is 13.8. The van der Waals surface area contributed by atoms with Crippen molar-refractivity contribution in [3.63, 3.8) is 0 Å². The number of morpholine rings is 1. The molecule has 19 heavy (non-hydrogen) atoms. The lowest BCUT2D eigenvalue weighted by atomic mass is 10.0. The summed E-state index contributed by atoms with van der Waals surface area (Å²) >= 11 is 0. The maximum atomic E-state index is 12.3. The molecule has 1 amide bonds. The molecule has 0 bridgehead atoms. The third-order valence-corrected chi connectivity index (χ3v) is 3.16. The summed E-state index contributed by atoms with van der Waals surface area (Å²) in [6.45, 7) is 6.00. The number of nitrogens with zero attached hydrogens (tertiary/aromatic N) is 1. The van der Waals surface area contributed by atoms with Gasteiger partial charge in [0.25, 0.3) is 5.91 Å². The Kier molecular flexibility index (Phi) is 4.37. The number of nitrogens with one attached hydrogen (secondary N) is 1. The molecule has 1 aromatic heterocycles. The number of aromatic nitrogens is 1. The molecular formula is C14H20N2O3. The van der Waals surface area contributed by atoms with Crippen molar-refractivity contribution < 1.29 is 9.53 Å². The Morgan fingerprint density at radius 3 is 3.00 bits per heavy atom. The molecule has 5 heteroatoms. The number of amides is 1. The maximum absolute atomic E-state index is 12.3. The van der Waals surface area contributed by atoms with Crippen LogP contribution in [0.5, 0.6) is 0 Å². The Bertz CT molecular complexity index is 495. The Morgan fingerprint density at radius 1 is 1.53 bits per heavy atom. The molecule has 1 aliphatic rings. The minimum Gasteiger partial charge on any atom is -0.375 e. The van der Waals surface area contributed by atoms with E-state index >= 15 is 0 Å². The molecule has 1 fully saturated rings. The Balaban J connectivity index is 2.05. The molecule has 1 aliphatic heterocycles. The summed E-state index contributed by atoms with van der Waals surface area (Å²) in [4.78, 5) is 27.8. The number of ether oxygens (including phenoxy) is 1. The molecule has 0 spiro atoms. The first-order valence-electron chi connectivity index (χ1n) is 6.66. The number of carbonyl (C=O) groups excluding carboxylic acids is 1. The summed E-state index contributed by atoms with van der Waals surface area (Å²) in [7, 11) is 0. The summed E-state index contributed by atoms with van der Waals surface area (Å²) in [6, 6.07) is 4.63. The van der Waals surface area contributed by atoms with Gasteiger partial charge in [-0.2, -0.15) is 0 Å². The molecule has 2 rings (SSSR count). The molecule has 0 saturated carbocycles. The van der Waals surface area contributed by atoms with E-state index < -0.39 is 0 Å². The van der Waals surface area contributed by atoms with Gasteiger partial charge in [0, 0.05) is 19.2 Å². The Morgan fingerprint density at radius 2 is 2.32 bits per heavy atom. The molecule has 1 aromatic rings. The Hall–Kier alpha value is -1.62. The van der Waals surface area contributed by atoms with Crippen molar-refractivity contribution in [2.75, 3.05) is 19.7 Å². The molecule has 0 aromatic carbocycles. The lowest BCUT2D eigenvalue weighted by Crippen LogP contribution is -2.46. The highest BCUT2D eigenvalue weighted by Gasteiger charge is 2.25. The number of aromatic amines is 1. The summed E-state index contributed by atoms with van der Waals surface area (Å²) < 4.78 is 5.66. The van der Waals surface area contributed by atoms with Gasteiger partial charge in [-0.1, -0.05) is 19.9 Å². The first-order chi connectivity index (χ1) is 9.06. The average molecular weight is 264 g/mol. The van der Waals surface area contributed by atoms with Crippen molar-refractivity contribution in [1.82, 2.24) is 9.88 Å². The van der Waals surface area contributed by atoms with Crippen LogP contribution in [-0.4, -0.2) is 41.6 Å². The van der Waals surface area contributed by atoms with Crippen LogP contribution in [0.25, 0.3) is 0 Å². The van der Waals surface area contributed by atoms with Crippen molar-refractivity contribution in [2.24, 2.45) is 5.92 Å². The van der Waals surface area contributed by atoms with E-state index in [1.807, 2.05) is 0 Å². The van der Waals surface area contributed by atoms with Gasteiger partial charge in [0.2, 0.25) is 5.56 Å². The summed E-state index contributed by atoms with van der Waals surface area (Å²) in [5, 5.41) is 0. The molecule has 0 unspecified atom stereocenters. The maximum Gasteiger partial charge on any atom is 0.270 e. The highest BCUT2D eigenvalue weighted by Crippen LogP contribution is 2.15. The van der Waals surface area contributed by atoms with Crippen molar-refractivity contribution in [1.29, 1.82) is 0 Å². The lowest BCUT2D eigenvalue weighted by molar-refractivity contribution is -0.0299. The van der Waals surface area contributed by atoms with Crippen molar-refractivity contribution in [3.05, 3.63) is 34.2 Å². The third-order valence-electron chi connectivity index (χ3n) is 3.16. The summed E-state index contributed by atoms with van der Waals surface area (Å²) in [5.74, 6) is 0.409. The number of hydrogen-bond donors (Lipinski definition) is 1. The molecule has 1 atom stereocenters. The fraction of sp³-hybridized carbons (Fsp3) is 0.571. The zero-order valence-electron chi connectivity index (χ0n) is 11.4. The van der Waals surface area contributed by atoms with Crippen LogP contribution in [0.3, 0.4) is 0 Å². The average Bonchev–Trinajstić information content (AvgIpc) is 2.37. The number of hydrogen-bond acceptors (Lipinski definition) is 3. The molecule has 1 N–H and O–H groups in total. The smallest absolute Gasteiger partial charge is 0.270 e. The molecule has 104 valence electrons. The normalized spacial score (nSPS) is 19.7.